The lowest BCUT2D eigenvalue weighted by Crippen LogP contribution is -2.42. The number of urea groups is 1. The van der Waals surface area contributed by atoms with Gasteiger partial charge < -0.3 is 15.3 Å². The van der Waals surface area contributed by atoms with E-state index in [4.69, 9.17) is 5.11 Å². The monoisotopic (exact) mass is 361 g/mol. The average molecular weight is 361 g/mol. The van der Waals surface area contributed by atoms with E-state index in [9.17, 15) is 9.59 Å². The Bertz CT molecular complexity index is 627. The molecule has 2 rings (SSSR count). The number of nitrogens with zero attached hydrogens (tertiary/aromatic N) is 2. The van der Waals surface area contributed by atoms with E-state index in [1.54, 1.807) is 0 Å². The summed E-state index contributed by atoms with van der Waals surface area (Å²) in [6, 6.07) is 6.46. The van der Waals surface area contributed by atoms with Gasteiger partial charge in [0.25, 0.3) is 0 Å². The molecule has 2 N–H and O–H groups in total. The summed E-state index contributed by atoms with van der Waals surface area (Å²) >= 11 is 0. The highest BCUT2D eigenvalue weighted by Gasteiger charge is 2.24. The number of hydrogen-bond donors (Lipinski definition) is 2. The largest absolute Gasteiger partial charge is 0.480 e. The van der Waals surface area contributed by atoms with E-state index < -0.39 is 5.97 Å². The van der Waals surface area contributed by atoms with E-state index in [2.05, 4.69) is 37.4 Å². The van der Waals surface area contributed by atoms with Crippen molar-refractivity contribution in [3.05, 3.63) is 34.9 Å². The Morgan fingerprint density at radius 3 is 2.50 bits per heavy atom. The van der Waals surface area contributed by atoms with Gasteiger partial charge in [-0.1, -0.05) is 29.3 Å². The second-order valence-electron chi connectivity index (χ2n) is 7.47. The molecule has 0 bridgehead atoms. The summed E-state index contributed by atoms with van der Waals surface area (Å²) in [6.07, 6.45) is 2.61. The number of carbonyl (C=O) groups is 2. The standard InChI is InChI=1S/C20H31N3O3/c1-14-10-15(2)12-17(11-14)16(3)21-20(26)23-8-5-6-18(7-9-23)22(4)13-19(24)25/h10-12,16,18H,5-9,13H2,1-4H3,(H,21,26)(H,24,25). The molecule has 0 spiro atoms. The number of aliphatic carboxylic acids is 1. The quantitative estimate of drug-likeness (QED) is 0.846. The summed E-state index contributed by atoms with van der Waals surface area (Å²) in [6.45, 7) is 7.54. The topological polar surface area (TPSA) is 72.9 Å². The van der Waals surface area contributed by atoms with E-state index in [1.165, 1.54) is 11.1 Å². The van der Waals surface area contributed by atoms with Crippen LogP contribution in [-0.2, 0) is 4.79 Å². The molecule has 1 aromatic rings. The highest BCUT2D eigenvalue weighted by Crippen LogP contribution is 2.19. The van der Waals surface area contributed by atoms with Gasteiger partial charge in [0.1, 0.15) is 0 Å². The number of benzene rings is 1. The first kappa shape index (κ1) is 20.2. The van der Waals surface area contributed by atoms with Crippen molar-refractivity contribution in [2.45, 2.75) is 52.1 Å². The molecule has 2 amide bonds. The summed E-state index contributed by atoms with van der Waals surface area (Å²) < 4.78 is 0. The van der Waals surface area contributed by atoms with E-state index in [0.29, 0.717) is 13.1 Å². The third-order valence-corrected chi connectivity index (χ3v) is 5.08. The Hall–Kier alpha value is -2.08. The molecule has 1 aliphatic rings. The first-order chi connectivity index (χ1) is 12.3. The van der Waals surface area contributed by atoms with Gasteiger partial charge in [-0.3, -0.25) is 9.69 Å². The molecule has 1 saturated heterocycles. The fourth-order valence-electron chi connectivity index (χ4n) is 3.68. The summed E-state index contributed by atoms with van der Waals surface area (Å²) in [7, 11) is 1.84. The molecule has 26 heavy (non-hydrogen) atoms. The second kappa shape index (κ2) is 9.03. The summed E-state index contributed by atoms with van der Waals surface area (Å²) in [5.41, 5.74) is 3.50. The molecule has 0 aliphatic carbocycles. The third-order valence-electron chi connectivity index (χ3n) is 5.08. The molecule has 6 nitrogen and oxygen atoms in total. The molecule has 0 saturated carbocycles. The van der Waals surface area contributed by atoms with Gasteiger partial charge in [0.05, 0.1) is 12.6 Å². The van der Waals surface area contributed by atoms with Crippen LogP contribution in [0.5, 0.6) is 0 Å². The molecule has 1 aromatic carbocycles. The first-order valence-corrected chi connectivity index (χ1v) is 9.32. The Kier molecular flexibility index (Phi) is 7.03. The number of carboxylic acids is 1. The number of aryl methyl sites for hydroxylation is 2. The summed E-state index contributed by atoms with van der Waals surface area (Å²) in [5, 5.41) is 12.1. The summed E-state index contributed by atoms with van der Waals surface area (Å²) in [4.78, 5) is 27.3. The Labute approximate surface area is 156 Å². The number of carbonyl (C=O) groups excluding carboxylic acids is 1. The predicted octanol–water partition coefficient (Wildman–Crippen LogP) is 2.94. The van der Waals surface area contributed by atoms with Gasteiger partial charge >= 0.3 is 12.0 Å². The second-order valence-corrected chi connectivity index (χ2v) is 7.47. The van der Waals surface area contributed by atoms with Crippen molar-refractivity contribution in [3.63, 3.8) is 0 Å². The molecule has 0 aromatic heterocycles. The van der Waals surface area contributed by atoms with Gasteiger partial charge in [0.2, 0.25) is 0 Å². The SMILES string of the molecule is Cc1cc(C)cc(C(C)NC(=O)N2CCCC(N(C)CC(=O)O)CC2)c1. The lowest BCUT2D eigenvalue weighted by Gasteiger charge is -2.26. The lowest BCUT2D eigenvalue weighted by molar-refractivity contribution is -0.138. The molecule has 1 aliphatic heterocycles. The zero-order valence-corrected chi connectivity index (χ0v) is 16.3. The Balaban J connectivity index is 1.92. The van der Waals surface area contributed by atoms with Crippen LogP contribution in [-0.4, -0.2) is 59.6 Å². The number of hydrogen-bond acceptors (Lipinski definition) is 3. The highest BCUT2D eigenvalue weighted by molar-refractivity contribution is 5.74. The van der Waals surface area contributed by atoms with Crippen molar-refractivity contribution < 1.29 is 14.7 Å². The van der Waals surface area contributed by atoms with E-state index in [0.717, 1.165) is 24.8 Å². The number of likely N-dealkylation sites (tertiary alicyclic amines) is 1. The average Bonchev–Trinajstić information content (AvgIpc) is 2.79. The van der Waals surface area contributed by atoms with Gasteiger partial charge in [-0.25, -0.2) is 4.79 Å². The maximum Gasteiger partial charge on any atom is 0.317 e. The van der Waals surface area contributed by atoms with Gasteiger partial charge in [-0.2, -0.15) is 0 Å². The number of likely N-dealkylation sites (N-methyl/N-ethyl adjacent to an activating group) is 1. The van der Waals surface area contributed by atoms with Crippen LogP contribution in [0, 0.1) is 13.8 Å². The van der Waals surface area contributed by atoms with Gasteiger partial charge in [-0.05, 0) is 52.6 Å². The van der Waals surface area contributed by atoms with Crippen LogP contribution in [0.1, 0.15) is 48.9 Å². The Morgan fingerprint density at radius 1 is 1.23 bits per heavy atom. The minimum atomic E-state index is -0.811. The van der Waals surface area contributed by atoms with Crippen molar-refractivity contribution in [3.8, 4) is 0 Å². The van der Waals surface area contributed by atoms with Crippen molar-refractivity contribution in [1.29, 1.82) is 0 Å². The van der Waals surface area contributed by atoms with Crippen LogP contribution in [0.4, 0.5) is 4.79 Å². The molecular weight excluding hydrogens is 330 g/mol. The highest BCUT2D eigenvalue weighted by atomic mass is 16.4. The molecule has 2 unspecified atom stereocenters. The number of amides is 2. The van der Waals surface area contributed by atoms with Crippen molar-refractivity contribution in [2.24, 2.45) is 0 Å². The fraction of sp³-hybridized carbons (Fsp3) is 0.600. The van der Waals surface area contributed by atoms with E-state index in [1.807, 2.05) is 23.8 Å². The third kappa shape index (κ3) is 5.73. The van der Waals surface area contributed by atoms with Gasteiger partial charge in [0, 0.05) is 19.1 Å². The molecule has 1 heterocycles. The number of nitrogens with one attached hydrogen (secondary N) is 1. The normalized spacial score (nSPS) is 19.1. The maximum absolute atomic E-state index is 12.7. The maximum atomic E-state index is 12.7. The molecular formula is C20H31N3O3. The fourth-order valence-corrected chi connectivity index (χ4v) is 3.68. The molecule has 2 atom stereocenters. The van der Waals surface area contributed by atoms with Crippen LogP contribution in [0.15, 0.2) is 18.2 Å². The smallest absolute Gasteiger partial charge is 0.317 e. The van der Waals surface area contributed by atoms with Crippen LogP contribution in [0.3, 0.4) is 0 Å². The van der Waals surface area contributed by atoms with E-state index in [-0.39, 0.29) is 24.7 Å². The van der Waals surface area contributed by atoms with Crippen molar-refractivity contribution in [1.82, 2.24) is 15.1 Å². The Morgan fingerprint density at radius 2 is 1.88 bits per heavy atom. The first-order valence-electron chi connectivity index (χ1n) is 9.32. The zero-order valence-electron chi connectivity index (χ0n) is 16.3. The van der Waals surface area contributed by atoms with Crippen molar-refractivity contribution >= 4 is 12.0 Å². The molecule has 1 fully saturated rings. The molecule has 144 valence electrons. The van der Waals surface area contributed by atoms with Crippen LogP contribution < -0.4 is 5.32 Å². The number of rotatable bonds is 5. The molecule has 6 heteroatoms. The van der Waals surface area contributed by atoms with Gasteiger partial charge in [0.15, 0.2) is 0 Å². The predicted molar refractivity (Wildman–Crippen MR) is 102 cm³/mol. The lowest BCUT2D eigenvalue weighted by atomic mass is 10.0. The van der Waals surface area contributed by atoms with E-state index >= 15 is 0 Å². The zero-order chi connectivity index (χ0) is 19.3. The van der Waals surface area contributed by atoms with Crippen molar-refractivity contribution in [2.75, 3.05) is 26.7 Å². The van der Waals surface area contributed by atoms with Crippen LogP contribution in [0.2, 0.25) is 0 Å². The minimum Gasteiger partial charge on any atom is -0.480 e. The summed E-state index contributed by atoms with van der Waals surface area (Å²) in [5.74, 6) is -0.811. The minimum absolute atomic E-state index is 0.0423. The number of carboxylic acid groups (broad SMARTS) is 1. The molecule has 0 radical (unpaired) electrons. The van der Waals surface area contributed by atoms with Gasteiger partial charge in [-0.15, -0.1) is 0 Å². The van der Waals surface area contributed by atoms with Crippen LogP contribution >= 0.6 is 0 Å². The van der Waals surface area contributed by atoms with Crippen LogP contribution in [0.25, 0.3) is 0 Å².